The number of rotatable bonds is 5. The zero-order chi connectivity index (χ0) is 15.3. The van der Waals surface area contributed by atoms with Gasteiger partial charge in [-0.3, -0.25) is 10.1 Å². The van der Waals surface area contributed by atoms with Crippen molar-refractivity contribution in [1.82, 2.24) is 5.32 Å². The SMILES string of the molecule is COC(=O)N[C@H](CO)Cc1cc(I)c(O)cc1[N+](=O)[O-]. The molecule has 0 aliphatic rings. The van der Waals surface area contributed by atoms with Gasteiger partial charge in [0.1, 0.15) is 5.75 Å². The molecular formula is C11H13IN2O6. The number of methoxy groups -OCH3 is 1. The lowest BCUT2D eigenvalue weighted by Crippen LogP contribution is -2.39. The highest BCUT2D eigenvalue weighted by Crippen LogP contribution is 2.30. The second-order valence-electron chi connectivity index (χ2n) is 3.91. The number of aromatic hydroxyl groups is 1. The van der Waals surface area contributed by atoms with E-state index in [1.807, 2.05) is 22.6 Å². The number of alkyl carbamates (subject to hydrolysis) is 1. The quantitative estimate of drug-likeness (QED) is 0.390. The van der Waals surface area contributed by atoms with Crippen LogP contribution in [0.5, 0.6) is 5.75 Å². The first-order valence-corrected chi connectivity index (χ1v) is 6.58. The van der Waals surface area contributed by atoms with E-state index in [0.29, 0.717) is 9.13 Å². The molecule has 8 nitrogen and oxygen atoms in total. The Hall–Kier alpha value is -1.62. The molecule has 0 saturated heterocycles. The number of benzene rings is 1. The number of nitrogens with zero attached hydrogens (tertiary/aromatic N) is 1. The average molecular weight is 396 g/mol. The van der Waals surface area contributed by atoms with Crippen molar-refractivity contribution in [2.24, 2.45) is 0 Å². The summed E-state index contributed by atoms with van der Waals surface area (Å²) in [6, 6.07) is 1.76. The number of hydrogen-bond acceptors (Lipinski definition) is 6. The standard InChI is InChI=1S/C11H13IN2O6/c1-20-11(17)13-7(5-15)2-6-3-8(12)10(16)4-9(6)14(18)19/h3-4,7,15-16H,2,5H2,1H3,(H,13,17)/t7-/m0/s1. The van der Waals surface area contributed by atoms with Crippen molar-refractivity contribution in [1.29, 1.82) is 0 Å². The van der Waals surface area contributed by atoms with Gasteiger partial charge < -0.3 is 20.3 Å². The summed E-state index contributed by atoms with van der Waals surface area (Å²) in [5, 5.41) is 32.0. The summed E-state index contributed by atoms with van der Waals surface area (Å²) in [7, 11) is 1.18. The number of ether oxygens (including phenoxy) is 1. The average Bonchev–Trinajstić information content (AvgIpc) is 2.41. The van der Waals surface area contributed by atoms with Gasteiger partial charge in [-0.1, -0.05) is 0 Å². The lowest BCUT2D eigenvalue weighted by atomic mass is 10.0. The van der Waals surface area contributed by atoms with Gasteiger partial charge in [0.15, 0.2) is 0 Å². The molecule has 1 aromatic rings. The Morgan fingerprint density at radius 1 is 1.60 bits per heavy atom. The molecule has 0 bridgehead atoms. The fourth-order valence-electron chi connectivity index (χ4n) is 1.58. The van der Waals surface area contributed by atoms with Gasteiger partial charge in [0.25, 0.3) is 5.69 Å². The molecule has 110 valence electrons. The van der Waals surface area contributed by atoms with Crippen LogP contribution < -0.4 is 5.32 Å². The smallest absolute Gasteiger partial charge is 0.407 e. The molecule has 0 heterocycles. The maximum Gasteiger partial charge on any atom is 0.407 e. The van der Waals surface area contributed by atoms with Crippen LogP contribution in [-0.2, 0) is 11.2 Å². The number of halogens is 1. The first-order chi connectivity index (χ1) is 9.38. The molecule has 1 atom stereocenters. The molecule has 0 aliphatic heterocycles. The van der Waals surface area contributed by atoms with Gasteiger partial charge in [-0.05, 0) is 28.7 Å². The number of aliphatic hydroxyl groups is 1. The molecule has 0 radical (unpaired) electrons. The van der Waals surface area contributed by atoms with Crippen LogP contribution in [0.1, 0.15) is 5.56 Å². The number of nitro groups is 1. The minimum absolute atomic E-state index is 0.0399. The number of hydrogen-bond donors (Lipinski definition) is 3. The van der Waals surface area contributed by atoms with E-state index in [4.69, 9.17) is 0 Å². The van der Waals surface area contributed by atoms with Gasteiger partial charge >= 0.3 is 6.09 Å². The topological polar surface area (TPSA) is 122 Å². The third-order valence-corrected chi connectivity index (χ3v) is 3.40. The number of amides is 1. The monoisotopic (exact) mass is 396 g/mol. The molecule has 1 rings (SSSR count). The molecule has 20 heavy (non-hydrogen) atoms. The molecule has 0 unspecified atom stereocenters. The molecule has 9 heteroatoms. The number of phenolic OH excluding ortho intramolecular Hbond substituents is 1. The molecule has 0 aromatic heterocycles. The van der Waals surface area contributed by atoms with Crippen LogP contribution in [0.4, 0.5) is 10.5 Å². The number of nitro benzene ring substituents is 1. The van der Waals surface area contributed by atoms with Crippen molar-refractivity contribution in [2.45, 2.75) is 12.5 Å². The van der Waals surface area contributed by atoms with E-state index in [2.05, 4.69) is 10.1 Å². The lowest BCUT2D eigenvalue weighted by molar-refractivity contribution is -0.385. The number of carbonyl (C=O) groups excluding carboxylic acids is 1. The zero-order valence-corrected chi connectivity index (χ0v) is 12.7. The second-order valence-corrected chi connectivity index (χ2v) is 5.07. The van der Waals surface area contributed by atoms with Gasteiger partial charge in [-0.15, -0.1) is 0 Å². The largest absolute Gasteiger partial charge is 0.507 e. The maximum atomic E-state index is 11.1. The summed E-state index contributed by atoms with van der Waals surface area (Å²) in [6.45, 7) is -0.399. The Morgan fingerprint density at radius 2 is 2.25 bits per heavy atom. The highest BCUT2D eigenvalue weighted by atomic mass is 127. The molecule has 0 spiro atoms. The van der Waals surface area contributed by atoms with Crippen molar-refractivity contribution in [2.75, 3.05) is 13.7 Å². The Morgan fingerprint density at radius 3 is 2.75 bits per heavy atom. The predicted octanol–water partition coefficient (Wildman–Crippen LogP) is 1.16. The number of carbonyl (C=O) groups is 1. The summed E-state index contributed by atoms with van der Waals surface area (Å²) in [5.74, 6) is -0.192. The van der Waals surface area contributed by atoms with E-state index in [1.165, 1.54) is 13.2 Å². The lowest BCUT2D eigenvalue weighted by Gasteiger charge is -2.15. The van der Waals surface area contributed by atoms with E-state index >= 15 is 0 Å². The van der Waals surface area contributed by atoms with E-state index in [-0.39, 0.29) is 17.9 Å². The van der Waals surface area contributed by atoms with Crippen molar-refractivity contribution < 1.29 is 24.7 Å². The van der Waals surface area contributed by atoms with E-state index in [0.717, 1.165) is 6.07 Å². The minimum Gasteiger partial charge on any atom is -0.507 e. The fraction of sp³-hybridized carbons (Fsp3) is 0.364. The van der Waals surface area contributed by atoms with Gasteiger partial charge in [-0.2, -0.15) is 0 Å². The number of aliphatic hydroxyl groups excluding tert-OH is 1. The highest BCUT2D eigenvalue weighted by Gasteiger charge is 2.21. The van der Waals surface area contributed by atoms with Crippen LogP contribution in [0.2, 0.25) is 0 Å². The molecule has 1 aromatic carbocycles. The Balaban J connectivity index is 3.02. The zero-order valence-electron chi connectivity index (χ0n) is 10.5. The van der Waals surface area contributed by atoms with Crippen LogP contribution in [0.25, 0.3) is 0 Å². The van der Waals surface area contributed by atoms with Crippen LogP contribution in [0.15, 0.2) is 12.1 Å². The van der Waals surface area contributed by atoms with Crippen LogP contribution >= 0.6 is 22.6 Å². The Kier molecular flexibility index (Phi) is 5.95. The van der Waals surface area contributed by atoms with E-state index in [1.54, 1.807) is 0 Å². The van der Waals surface area contributed by atoms with E-state index < -0.39 is 23.7 Å². The van der Waals surface area contributed by atoms with Gasteiger partial charge in [0.05, 0.1) is 34.3 Å². The Bertz CT molecular complexity index is 522. The van der Waals surface area contributed by atoms with Gasteiger partial charge in [-0.25, -0.2) is 4.79 Å². The van der Waals surface area contributed by atoms with Crippen molar-refractivity contribution >= 4 is 34.4 Å². The summed E-state index contributed by atoms with van der Waals surface area (Å²) in [4.78, 5) is 21.4. The molecule has 1 amide bonds. The number of phenols is 1. The van der Waals surface area contributed by atoms with Gasteiger partial charge in [0.2, 0.25) is 0 Å². The van der Waals surface area contributed by atoms with Crippen molar-refractivity contribution in [3.63, 3.8) is 0 Å². The maximum absolute atomic E-state index is 11.1. The van der Waals surface area contributed by atoms with Crippen LogP contribution in [0, 0.1) is 13.7 Å². The Labute approximate surface area is 128 Å². The van der Waals surface area contributed by atoms with Gasteiger partial charge in [0, 0.05) is 12.0 Å². The van der Waals surface area contributed by atoms with E-state index in [9.17, 15) is 25.1 Å². The predicted molar refractivity (Wildman–Crippen MR) is 77.6 cm³/mol. The second kappa shape index (κ2) is 7.24. The molecule has 3 N–H and O–H groups in total. The van der Waals surface area contributed by atoms with Crippen molar-refractivity contribution in [3.05, 3.63) is 31.4 Å². The minimum atomic E-state index is -0.736. The molecule has 0 aliphatic carbocycles. The molecule has 0 fully saturated rings. The first-order valence-electron chi connectivity index (χ1n) is 5.50. The molecule has 0 saturated carbocycles. The number of nitrogens with one attached hydrogen (secondary N) is 1. The van der Waals surface area contributed by atoms with Crippen LogP contribution in [-0.4, -0.2) is 41.0 Å². The third-order valence-electron chi connectivity index (χ3n) is 2.54. The summed E-state index contributed by atoms with van der Waals surface area (Å²) >= 11 is 1.83. The fourth-order valence-corrected chi connectivity index (χ4v) is 2.11. The summed E-state index contributed by atoms with van der Waals surface area (Å²) in [5.41, 5.74) is 0.0284. The first kappa shape index (κ1) is 16.4. The van der Waals surface area contributed by atoms with Crippen LogP contribution in [0.3, 0.4) is 0 Å². The van der Waals surface area contributed by atoms with Crippen molar-refractivity contribution in [3.8, 4) is 5.75 Å². The summed E-state index contributed by atoms with van der Waals surface area (Å²) in [6.07, 6.45) is -0.696. The molecular weight excluding hydrogens is 383 g/mol. The highest BCUT2D eigenvalue weighted by molar-refractivity contribution is 14.1. The normalized spacial score (nSPS) is 11.8. The summed E-state index contributed by atoms with van der Waals surface area (Å²) < 4.78 is 4.85. The third kappa shape index (κ3) is 4.20.